The van der Waals surface area contributed by atoms with Crippen molar-refractivity contribution in [2.75, 3.05) is 18.0 Å². The monoisotopic (exact) mass is 336 g/mol. The van der Waals surface area contributed by atoms with Gasteiger partial charge in [-0.05, 0) is 24.6 Å². The summed E-state index contributed by atoms with van der Waals surface area (Å²) in [6.45, 7) is -1.49. The van der Waals surface area contributed by atoms with Crippen molar-refractivity contribution >= 4 is 11.6 Å². The third-order valence-electron chi connectivity index (χ3n) is 3.84. The van der Waals surface area contributed by atoms with Crippen LogP contribution in [-0.2, 0) is 11.3 Å². The van der Waals surface area contributed by atoms with Gasteiger partial charge in [0.15, 0.2) is 0 Å². The van der Waals surface area contributed by atoms with Crippen molar-refractivity contribution in [3.05, 3.63) is 42.7 Å². The molecule has 1 saturated heterocycles. The van der Waals surface area contributed by atoms with Gasteiger partial charge < -0.3 is 15.0 Å². The molecule has 1 aromatic carbocycles. The highest BCUT2D eigenvalue weighted by Gasteiger charge is 2.26. The molecule has 1 aliphatic heterocycles. The fraction of sp³-hybridized carbons (Fsp3) is 0.375. The maximum atomic E-state index is 12.5. The van der Waals surface area contributed by atoms with Crippen LogP contribution < -0.4 is 15.0 Å². The molecular weight excluding hydrogens is 318 g/mol. The minimum Gasteiger partial charge on any atom is -0.433 e. The molecule has 1 atom stereocenters. The minimum atomic E-state index is -2.86. The van der Waals surface area contributed by atoms with Crippen molar-refractivity contribution in [3.8, 4) is 5.75 Å². The molecular formula is C16H18F2N4O2. The first-order chi connectivity index (χ1) is 11.6. The number of alkyl halides is 2. The lowest BCUT2D eigenvalue weighted by atomic mass is 10.2. The molecule has 8 heteroatoms. The molecule has 0 saturated carbocycles. The average Bonchev–Trinajstić information content (AvgIpc) is 3.19. The standard InChI is InChI=1S/C16H18F2N4O2/c17-16(18)24-14-5-2-1-4-13(14)21-9-6-12(10-21)20-15(23)11-22-8-3-7-19-22/h1-5,7-8,12,16H,6,9-11H2,(H,20,23)/t12-/m0/s1. The molecule has 2 aromatic rings. The molecule has 0 spiro atoms. The molecule has 0 bridgehead atoms. The van der Waals surface area contributed by atoms with E-state index < -0.39 is 6.61 Å². The molecule has 128 valence electrons. The Bertz CT molecular complexity index is 678. The van der Waals surface area contributed by atoms with Gasteiger partial charge in [0.05, 0.1) is 5.69 Å². The van der Waals surface area contributed by atoms with E-state index in [9.17, 15) is 13.6 Å². The summed E-state index contributed by atoms with van der Waals surface area (Å²) in [5, 5.41) is 6.94. The lowest BCUT2D eigenvalue weighted by molar-refractivity contribution is -0.122. The molecule has 1 fully saturated rings. The number of nitrogens with zero attached hydrogens (tertiary/aromatic N) is 3. The Morgan fingerprint density at radius 3 is 2.96 bits per heavy atom. The number of hydrogen-bond acceptors (Lipinski definition) is 4. The summed E-state index contributed by atoms with van der Waals surface area (Å²) in [6.07, 6.45) is 4.08. The third kappa shape index (κ3) is 4.01. The third-order valence-corrected chi connectivity index (χ3v) is 3.84. The van der Waals surface area contributed by atoms with Gasteiger partial charge in [-0.1, -0.05) is 12.1 Å². The number of anilines is 1. The second-order valence-corrected chi connectivity index (χ2v) is 5.55. The number of rotatable bonds is 6. The molecule has 24 heavy (non-hydrogen) atoms. The smallest absolute Gasteiger partial charge is 0.387 e. The maximum Gasteiger partial charge on any atom is 0.387 e. The number of carbonyl (C=O) groups excluding carboxylic acids is 1. The van der Waals surface area contributed by atoms with E-state index in [4.69, 9.17) is 0 Å². The van der Waals surface area contributed by atoms with Crippen LogP contribution in [0.15, 0.2) is 42.7 Å². The van der Waals surface area contributed by atoms with E-state index in [1.165, 1.54) is 6.07 Å². The molecule has 3 rings (SSSR count). The van der Waals surface area contributed by atoms with Crippen LogP contribution in [0.2, 0.25) is 0 Å². The summed E-state index contributed by atoms with van der Waals surface area (Å²) in [5.41, 5.74) is 0.613. The molecule has 1 amide bonds. The Morgan fingerprint density at radius 1 is 1.38 bits per heavy atom. The molecule has 0 unspecified atom stereocenters. The Kier molecular flexibility index (Phi) is 4.93. The summed E-state index contributed by atoms with van der Waals surface area (Å²) >= 11 is 0. The van der Waals surface area contributed by atoms with Crippen molar-refractivity contribution in [2.45, 2.75) is 25.6 Å². The molecule has 1 N–H and O–H groups in total. The number of hydrogen-bond donors (Lipinski definition) is 1. The first kappa shape index (κ1) is 16.2. The highest BCUT2D eigenvalue weighted by atomic mass is 19.3. The van der Waals surface area contributed by atoms with Gasteiger partial charge in [-0.15, -0.1) is 0 Å². The molecule has 1 aliphatic rings. The van der Waals surface area contributed by atoms with Gasteiger partial charge in [0.25, 0.3) is 0 Å². The zero-order chi connectivity index (χ0) is 16.9. The topological polar surface area (TPSA) is 59.4 Å². The van der Waals surface area contributed by atoms with Gasteiger partial charge in [-0.3, -0.25) is 9.48 Å². The number of nitrogens with one attached hydrogen (secondary N) is 1. The summed E-state index contributed by atoms with van der Waals surface area (Å²) in [7, 11) is 0. The fourth-order valence-corrected chi connectivity index (χ4v) is 2.83. The zero-order valence-electron chi connectivity index (χ0n) is 12.9. The largest absolute Gasteiger partial charge is 0.433 e. The molecule has 0 aliphatic carbocycles. The van der Waals surface area contributed by atoms with E-state index >= 15 is 0 Å². The van der Waals surface area contributed by atoms with E-state index in [-0.39, 0.29) is 24.2 Å². The van der Waals surface area contributed by atoms with Gasteiger partial charge in [-0.2, -0.15) is 13.9 Å². The number of carbonyl (C=O) groups is 1. The molecule has 0 radical (unpaired) electrons. The summed E-state index contributed by atoms with van der Waals surface area (Å²) in [4.78, 5) is 13.9. The minimum absolute atomic E-state index is 0.0346. The second kappa shape index (κ2) is 7.29. The predicted molar refractivity (Wildman–Crippen MR) is 84.1 cm³/mol. The maximum absolute atomic E-state index is 12.5. The molecule has 6 nitrogen and oxygen atoms in total. The van der Waals surface area contributed by atoms with E-state index in [0.717, 1.165) is 6.42 Å². The van der Waals surface area contributed by atoms with Crippen molar-refractivity contribution < 1.29 is 18.3 Å². The summed E-state index contributed by atoms with van der Waals surface area (Å²) in [5.74, 6) is 0.0266. The van der Waals surface area contributed by atoms with Gasteiger partial charge in [0.2, 0.25) is 5.91 Å². The predicted octanol–water partition coefficient (Wildman–Crippen LogP) is 1.88. The molecule has 2 heterocycles. The van der Waals surface area contributed by atoms with Crippen LogP contribution in [0.4, 0.5) is 14.5 Å². The van der Waals surface area contributed by atoms with Gasteiger partial charge >= 0.3 is 6.61 Å². The van der Waals surface area contributed by atoms with Crippen LogP contribution in [0.25, 0.3) is 0 Å². The zero-order valence-corrected chi connectivity index (χ0v) is 12.9. The Hall–Kier alpha value is -2.64. The van der Waals surface area contributed by atoms with Crippen LogP contribution in [0, 0.1) is 0 Å². The van der Waals surface area contributed by atoms with Crippen molar-refractivity contribution in [2.24, 2.45) is 0 Å². The first-order valence-corrected chi connectivity index (χ1v) is 7.67. The van der Waals surface area contributed by atoms with Gasteiger partial charge in [-0.25, -0.2) is 0 Å². The Balaban J connectivity index is 1.58. The van der Waals surface area contributed by atoms with E-state index in [1.807, 2.05) is 4.90 Å². The van der Waals surface area contributed by atoms with Crippen molar-refractivity contribution in [3.63, 3.8) is 0 Å². The van der Waals surface area contributed by atoms with Crippen molar-refractivity contribution in [1.82, 2.24) is 15.1 Å². The van der Waals surface area contributed by atoms with Crippen LogP contribution in [0.1, 0.15) is 6.42 Å². The van der Waals surface area contributed by atoms with Crippen LogP contribution >= 0.6 is 0 Å². The normalized spacial score (nSPS) is 17.3. The quantitative estimate of drug-likeness (QED) is 0.875. The van der Waals surface area contributed by atoms with Crippen LogP contribution in [0.5, 0.6) is 5.75 Å². The first-order valence-electron chi connectivity index (χ1n) is 7.67. The van der Waals surface area contributed by atoms with Gasteiger partial charge in [0.1, 0.15) is 12.3 Å². The molecule has 1 aromatic heterocycles. The SMILES string of the molecule is O=C(Cn1cccn1)N[C@H]1CCN(c2ccccc2OC(F)F)C1. The summed E-state index contributed by atoms with van der Waals surface area (Å²) in [6, 6.07) is 8.41. The van der Waals surface area contributed by atoms with Crippen LogP contribution in [0.3, 0.4) is 0 Å². The highest BCUT2D eigenvalue weighted by molar-refractivity contribution is 5.76. The number of halogens is 2. The fourth-order valence-electron chi connectivity index (χ4n) is 2.83. The number of aromatic nitrogens is 2. The van der Waals surface area contributed by atoms with E-state index in [1.54, 1.807) is 41.3 Å². The number of para-hydroxylation sites is 2. The second-order valence-electron chi connectivity index (χ2n) is 5.55. The lowest BCUT2D eigenvalue weighted by Gasteiger charge is -2.22. The Morgan fingerprint density at radius 2 is 2.21 bits per heavy atom. The lowest BCUT2D eigenvalue weighted by Crippen LogP contribution is -2.39. The average molecular weight is 336 g/mol. The van der Waals surface area contributed by atoms with E-state index in [2.05, 4.69) is 15.2 Å². The highest BCUT2D eigenvalue weighted by Crippen LogP contribution is 2.31. The number of amides is 1. The Labute approximate surface area is 138 Å². The van der Waals surface area contributed by atoms with Gasteiger partial charge in [0, 0.05) is 31.5 Å². The number of ether oxygens (including phenoxy) is 1. The summed E-state index contributed by atoms with van der Waals surface area (Å²) < 4.78 is 31.1. The van der Waals surface area contributed by atoms with Crippen molar-refractivity contribution in [1.29, 1.82) is 0 Å². The van der Waals surface area contributed by atoms with E-state index in [0.29, 0.717) is 18.8 Å². The number of benzene rings is 1. The van der Waals surface area contributed by atoms with Crippen LogP contribution in [-0.4, -0.2) is 41.4 Å².